The maximum absolute atomic E-state index is 13.3. The van der Waals surface area contributed by atoms with Crippen LogP contribution < -0.4 is 9.64 Å². The standard InChI is InChI=1S/C30H22N2O6/c33-28(22-10-7-13-24(18-22)32(36)37)26-27(31(30(35)29(26)34)23-11-5-2-6-12-23)21-14-16-25(17-15-21)38-19-20-8-3-1-4-9-20/h1-18,27,33H,19H2/b28-26-. The van der Waals surface area contributed by atoms with Gasteiger partial charge in [-0.15, -0.1) is 0 Å². The van der Waals surface area contributed by atoms with E-state index in [1.807, 2.05) is 30.3 Å². The molecule has 1 unspecified atom stereocenters. The van der Waals surface area contributed by atoms with Crippen LogP contribution in [0.4, 0.5) is 11.4 Å². The number of hydrogen-bond donors (Lipinski definition) is 1. The number of aliphatic hydroxyl groups excluding tert-OH is 1. The van der Waals surface area contributed by atoms with Crippen LogP contribution in [0, 0.1) is 10.1 Å². The lowest BCUT2D eigenvalue weighted by atomic mass is 9.95. The zero-order chi connectivity index (χ0) is 26.6. The van der Waals surface area contributed by atoms with Gasteiger partial charge in [-0.1, -0.05) is 72.8 Å². The maximum Gasteiger partial charge on any atom is 0.300 e. The van der Waals surface area contributed by atoms with E-state index in [4.69, 9.17) is 4.74 Å². The molecule has 0 aliphatic carbocycles. The molecule has 8 heteroatoms. The third-order valence-electron chi connectivity index (χ3n) is 6.25. The average molecular weight is 507 g/mol. The van der Waals surface area contributed by atoms with Crippen LogP contribution in [0.1, 0.15) is 22.7 Å². The molecule has 0 saturated carbocycles. The van der Waals surface area contributed by atoms with Crippen molar-refractivity contribution in [1.82, 2.24) is 0 Å². The van der Waals surface area contributed by atoms with Crippen LogP contribution in [0.2, 0.25) is 0 Å². The van der Waals surface area contributed by atoms with Crippen molar-refractivity contribution in [3.63, 3.8) is 0 Å². The molecule has 1 atom stereocenters. The first-order valence-corrected chi connectivity index (χ1v) is 11.8. The lowest BCUT2D eigenvalue weighted by molar-refractivity contribution is -0.384. The third kappa shape index (κ3) is 4.75. The van der Waals surface area contributed by atoms with Gasteiger partial charge in [0, 0.05) is 23.4 Å². The maximum atomic E-state index is 13.3. The van der Waals surface area contributed by atoms with Crippen molar-refractivity contribution < 1.29 is 24.4 Å². The number of aliphatic hydroxyl groups is 1. The van der Waals surface area contributed by atoms with E-state index in [0.717, 1.165) is 5.56 Å². The van der Waals surface area contributed by atoms with Gasteiger partial charge in [0.1, 0.15) is 18.1 Å². The van der Waals surface area contributed by atoms with Crippen molar-refractivity contribution in [2.24, 2.45) is 0 Å². The first-order chi connectivity index (χ1) is 18.4. The van der Waals surface area contributed by atoms with Crippen LogP contribution in [0.25, 0.3) is 5.76 Å². The molecule has 1 N–H and O–H groups in total. The van der Waals surface area contributed by atoms with Gasteiger partial charge in [-0.2, -0.15) is 0 Å². The summed E-state index contributed by atoms with van der Waals surface area (Å²) in [6.45, 7) is 0.370. The number of rotatable bonds is 7. The molecule has 5 rings (SSSR count). The van der Waals surface area contributed by atoms with Crippen LogP contribution >= 0.6 is 0 Å². The van der Waals surface area contributed by atoms with Gasteiger partial charge in [0.15, 0.2) is 0 Å². The number of Topliss-reactive ketones (excluding diaryl/α,β-unsaturated/α-hetero) is 1. The van der Waals surface area contributed by atoms with Crippen LogP contribution in [0.15, 0.2) is 115 Å². The number of nitro groups is 1. The highest BCUT2D eigenvalue weighted by Gasteiger charge is 2.47. The minimum absolute atomic E-state index is 0.0677. The van der Waals surface area contributed by atoms with E-state index in [2.05, 4.69) is 0 Å². The fourth-order valence-corrected chi connectivity index (χ4v) is 4.41. The zero-order valence-corrected chi connectivity index (χ0v) is 20.1. The van der Waals surface area contributed by atoms with E-state index in [-0.39, 0.29) is 16.8 Å². The number of hydrogen-bond acceptors (Lipinski definition) is 6. The van der Waals surface area contributed by atoms with Gasteiger partial charge in [0.05, 0.1) is 16.5 Å². The molecule has 1 aliphatic heterocycles. The highest BCUT2D eigenvalue weighted by molar-refractivity contribution is 6.51. The lowest BCUT2D eigenvalue weighted by Gasteiger charge is -2.25. The van der Waals surface area contributed by atoms with Crippen molar-refractivity contribution in [3.05, 3.63) is 142 Å². The number of non-ortho nitro benzene ring substituents is 1. The Morgan fingerprint density at radius 3 is 2.18 bits per heavy atom. The Bertz CT molecular complexity index is 1530. The molecule has 0 bridgehead atoms. The number of nitrogens with zero attached hydrogens (tertiary/aromatic N) is 2. The van der Waals surface area contributed by atoms with Crippen molar-refractivity contribution in [2.75, 3.05) is 4.90 Å². The third-order valence-corrected chi connectivity index (χ3v) is 6.25. The largest absolute Gasteiger partial charge is 0.507 e. The van der Waals surface area contributed by atoms with E-state index < -0.39 is 28.4 Å². The predicted molar refractivity (Wildman–Crippen MR) is 142 cm³/mol. The Morgan fingerprint density at radius 1 is 0.868 bits per heavy atom. The number of ether oxygens (including phenoxy) is 1. The summed E-state index contributed by atoms with van der Waals surface area (Å²) in [5, 5.41) is 22.5. The first kappa shape index (κ1) is 24.5. The topological polar surface area (TPSA) is 110 Å². The molecule has 0 radical (unpaired) electrons. The van der Waals surface area contributed by atoms with Crippen molar-refractivity contribution >= 4 is 28.8 Å². The van der Waals surface area contributed by atoms with Crippen LogP contribution in [-0.2, 0) is 16.2 Å². The minimum Gasteiger partial charge on any atom is -0.507 e. The molecule has 8 nitrogen and oxygen atoms in total. The summed E-state index contributed by atoms with van der Waals surface area (Å²) in [6, 6.07) is 29.6. The molecule has 38 heavy (non-hydrogen) atoms. The Kier molecular flexibility index (Phi) is 6.69. The molecular formula is C30H22N2O6. The van der Waals surface area contributed by atoms with Gasteiger partial charge in [0.2, 0.25) is 0 Å². The molecule has 1 amide bonds. The van der Waals surface area contributed by atoms with E-state index >= 15 is 0 Å². The average Bonchev–Trinajstić information content (AvgIpc) is 3.22. The van der Waals surface area contributed by atoms with E-state index in [1.54, 1.807) is 54.6 Å². The van der Waals surface area contributed by atoms with Crippen LogP contribution in [0.3, 0.4) is 0 Å². The number of nitro benzene ring substituents is 1. The number of carbonyl (C=O) groups is 2. The molecule has 4 aromatic carbocycles. The second-order valence-corrected chi connectivity index (χ2v) is 8.66. The molecular weight excluding hydrogens is 484 g/mol. The summed E-state index contributed by atoms with van der Waals surface area (Å²) in [6.07, 6.45) is 0. The molecule has 0 aromatic heterocycles. The van der Waals surface area contributed by atoms with Gasteiger partial charge >= 0.3 is 0 Å². The Balaban J connectivity index is 1.56. The summed E-state index contributed by atoms with van der Waals surface area (Å²) in [7, 11) is 0. The zero-order valence-electron chi connectivity index (χ0n) is 20.1. The smallest absolute Gasteiger partial charge is 0.300 e. The molecule has 1 fully saturated rings. The lowest BCUT2D eigenvalue weighted by Crippen LogP contribution is -2.29. The summed E-state index contributed by atoms with van der Waals surface area (Å²) >= 11 is 0. The van der Waals surface area contributed by atoms with Crippen LogP contribution in [-0.4, -0.2) is 21.7 Å². The Hall–Kier alpha value is -5.24. The highest BCUT2D eigenvalue weighted by Crippen LogP contribution is 2.42. The highest BCUT2D eigenvalue weighted by atomic mass is 16.6. The number of benzene rings is 4. The molecule has 1 heterocycles. The number of anilines is 1. The van der Waals surface area contributed by atoms with Crippen molar-refractivity contribution in [3.8, 4) is 5.75 Å². The van der Waals surface area contributed by atoms with Gasteiger partial charge in [0.25, 0.3) is 17.4 Å². The number of ketones is 1. The van der Waals surface area contributed by atoms with Gasteiger partial charge in [-0.3, -0.25) is 24.6 Å². The van der Waals surface area contributed by atoms with Gasteiger partial charge < -0.3 is 9.84 Å². The predicted octanol–water partition coefficient (Wildman–Crippen LogP) is 5.80. The van der Waals surface area contributed by atoms with E-state index in [0.29, 0.717) is 23.6 Å². The molecule has 188 valence electrons. The second-order valence-electron chi connectivity index (χ2n) is 8.66. The second kappa shape index (κ2) is 10.4. The quantitative estimate of drug-likeness (QED) is 0.112. The molecule has 1 aliphatic rings. The normalized spacial score (nSPS) is 16.4. The fraction of sp³-hybridized carbons (Fsp3) is 0.0667. The van der Waals surface area contributed by atoms with Crippen molar-refractivity contribution in [1.29, 1.82) is 0 Å². The first-order valence-electron chi connectivity index (χ1n) is 11.8. The van der Waals surface area contributed by atoms with Gasteiger partial charge in [-0.05, 0) is 35.4 Å². The summed E-state index contributed by atoms with van der Waals surface area (Å²) < 4.78 is 5.87. The SMILES string of the molecule is O=C1C(=O)N(c2ccccc2)C(c2ccc(OCc3ccccc3)cc2)/C1=C(/O)c1cccc([N+](=O)[O-])c1. The van der Waals surface area contributed by atoms with Crippen molar-refractivity contribution in [2.45, 2.75) is 12.6 Å². The summed E-state index contributed by atoms with van der Waals surface area (Å²) in [5.41, 5.74) is 1.71. The number of amides is 1. The number of carbonyl (C=O) groups excluding carboxylic acids is 2. The van der Waals surface area contributed by atoms with Crippen LogP contribution in [0.5, 0.6) is 5.75 Å². The van der Waals surface area contributed by atoms with E-state index in [1.165, 1.54) is 29.2 Å². The Labute approximate surface area is 218 Å². The summed E-state index contributed by atoms with van der Waals surface area (Å²) in [4.78, 5) is 38.5. The van der Waals surface area contributed by atoms with Gasteiger partial charge in [-0.25, -0.2) is 0 Å². The number of para-hydroxylation sites is 1. The minimum atomic E-state index is -0.958. The summed E-state index contributed by atoms with van der Waals surface area (Å²) in [5.74, 6) is -1.59. The monoisotopic (exact) mass is 506 g/mol. The van der Waals surface area contributed by atoms with E-state index in [9.17, 15) is 24.8 Å². The Morgan fingerprint density at radius 2 is 1.53 bits per heavy atom. The molecule has 4 aromatic rings. The molecule has 1 saturated heterocycles. The molecule has 0 spiro atoms. The fourth-order valence-electron chi connectivity index (χ4n) is 4.41.